The lowest BCUT2D eigenvalue weighted by Gasteiger charge is -2.05. The molecule has 0 unspecified atom stereocenters. The van der Waals surface area contributed by atoms with Gasteiger partial charge in [-0.05, 0) is 5.56 Å². The van der Waals surface area contributed by atoms with Gasteiger partial charge in [-0.3, -0.25) is 19.7 Å². The Bertz CT molecular complexity index is 716. The number of carbonyl (C=O) groups excluding carboxylic acids is 2. The second-order valence-electron chi connectivity index (χ2n) is 4.87. The lowest BCUT2D eigenvalue weighted by atomic mass is 10.1. The van der Waals surface area contributed by atoms with E-state index in [1.807, 2.05) is 0 Å². The number of nitro benzene ring substituents is 1. The molecule has 24 heavy (non-hydrogen) atoms. The molecular formula is C17H15NO5S. The number of ether oxygens (including phenoxy) is 1. The van der Waals surface area contributed by atoms with Crippen molar-refractivity contribution in [3.8, 4) is 0 Å². The van der Waals surface area contributed by atoms with E-state index in [9.17, 15) is 19.7 Å². The van der Waals surface area contributed by atoms with Crippen LogP contribution in [-0.2, 0) is 15.3 Å². The first-order valence-electron chi connectivity index (χ1n) is 7.11. The Labute approximate surface area is 143 Å². The van der Waals surface area contributed by atoms with Gasteiger partial charge in [-0.1, -0.05) is 42.5 Å². The number of esters is 1. The van der Waals surface area contributed by atoms with Gasteiger partial charge in [0.2, 0.25) is 0 Å². The maximum atomic E-state index is 11.8. The first kappa shape index (κ1) is 17.7. The Hall–Kier alpha value is -2.67. The zero-order chi connectivity index (χ0) is 17.4. The molecule has 0 saturated carbocycles. The summed E-state index contributed by atoms with van der Waals surface area (Å²) in [5.74, 6) is -0.0748. The number of carbonyl (C=O) groups is 2. The molecule has 124 valence electrons. The molecule has 2 aromatic carbocycles. The van der Waals surface area contributed by atoms with Crippen LogP contribution in [0.2, 0.25) is 0 Å². The van der Waals surface area contributed by atoms with Crippen LogP contribution in [0.25, 0.3) is 0 Å². The standard InChI is InChI=1S/C17H15NO5S/c19-16(14-4-2-1-3-5-14)10-23-17(20)12-24-11-13-6-8-15(9-7-13)18(21)22/h1-9H,10-12H2. The molecule has 0 fully saturated rings. The van der Waals surface area contributed by atoms with Crippen LogP contribution in [0.1, 0.15) is 15.9 Å². The summed E-state index contributed by atoms with van der Waals surface area (Å²) < 4.78 is 4.95. The van der Waals surface area contributed by atoms with Crippen molar-refractivity contribution in [2.75, 3.05) is 12.4 Å². The number of nitrogens with zero attached hydrogens (tertiary/aromatic N) is 1. The van der Waals surface area contributed by atoms with Gasteiger partial charge in [-0.15, -0.1) is 11.8 Å². The molecule has 0 heterocycles. The molecule has 0 atom stereocenters. The summed E-state index contributed by atoms with van der Waals surface area (Å²) in [6, 6.07) is 14.8. The van der Waals surface area contributed by atoms with Crippen LogP contribution >= 0.6 is 11.8 Å². The van der Waals surface area contributed by atoms with Crippen LogP contribution in [0, 0.1) is 10.1 Å². The van der Waals surface area contributed by atoms with Gasteiger partial charge in [0, 0.05) is 23.4 Å². The number of thioether (sulfide) groups is 1. The number of nitro groups is 1. The fourth-order valence-electron chi connectivity index (χ4n) is 1.86. The Morgan fingerprint density at radius 1 is 1.04 bits per heavy atom. The maximum Gasteiger partial charge on any atom is 0.316 e. The SMILES string of the molecule is O=C(CSCc1ccc([N+](=O)[O-])cc1)OCC(=O)c1ccccc1. The van der Waals surface area contributed by atoms with E-state index < -0.39 is 10.9 Å². The number of ketones is 1. The van der Waals surface area contributed by atoms with Crippen molar-refractivity contribution in [1.29, 1.82) is 0 Å². The van der Waals surface area contributed by atoms with Gasteiger partial charge in [-0.25, -0.2) is 0 Å². The van der Waals surface area contributed by atoms with Crippen molar-refractivity contribution in [1.82, 2.24) is 0 Å². The third kappa shape index (κ3) is 5.51. The van der Waals surface area contributed by atoms with E-state index in [2.05, 4.69) is 0 Å². The van der Waals surface area contributed by atoms with E-state index in [1.54, 1.807) is 42.5 Å². The van der Waals surface area contributed by atoms with Crippen LogP contribution in [-0.4, -0.2) is 29.0 Å². The van der Waals surface area contributed by atoms with Crippen molar-refractivity contribution in [3.05, 3.63) is 75.8 Å². The monoisotopic (exact) mass is 345 g/mol. The molecular weight excluding hydrogens is 330 g/mol. The normalized spacial score (nSPS) is 10.2. The number of hydrogen-bond donors (Lipinski definition) is 0. The number of non-ortho nitro benzene ring substituents is 1. The highest BCUT2D eigenvalue weighted by molar-refractivity contribution is 7.99. The van der Waals surface area contributed by atoms with Gasteiger partial charge in [-0.2, -0.15) is 0 Å². The van der Waals surface area contributed by atoms with E-state index in [4.69, 9.17) is 4.74 Å². The van der Waals surface area contributed by atoms with Crippen LogP contribution in [0.3, 0.4) is 0 Å². The fraction of sp³-hybridized carbons (Fsp3) is 0.176. The first-order valence-corrected chi connectivity index (χ1v) is 8.26. The average Bonchev–Trinajstić information content (AvgIpc) is 2.61. The van der Waals surface area contributed by atoms with Gasteiger partial charge < -0.3 is 4.74 Å². The lowest BCUT2D eigenvalue weighted by molar-refractivity contribution is -0.384. The van der Waals surface area contributed by atoms with Crippen molar-refractivity contribution in [3.63, 3.8) is 0 Å². The largest absolute Gasteiger partial charge is 0.457 e. The topological polar surface area (TPSA) is 86.5 Å². The summed E-state index contributed by atoms with van der Waals surface area (Å²) in [6.07, 6.45) is 0. The summed E-state index contributed by atoms with van der Waals surface area (Å²) in [5, 5.41) is 10.6. The molecule has 7 heteroatoms. The smallest absolute Gasteiger partial charge is 0.316 e. The molecule has 0 amide bonds. The predicted octanol–water partition coefficient (Wildman–Crippen LogP) is 3.25. The van der Waals surface area contributed by atoms with Gasteiger partial charge >= 0.3 is 5.97 Å². The summed E-state index contributed by atoms with van der Waals surface area (Å²) in [5.41, 5.74) is 1.41. The maximum absolute atomic E-state index is 11.8. The average molecular weight is 345 g/mol. The second-order valence-corrected chi connectivity index (χ2v) is 5.85. The highest BCUT2D eigenvalue weighted by Gasteiger charge is 2.10. The zero-order valence-electron chi connectivity index (χ0n) is 12.7. The molecule has 0 aliphatic carbocycles. The third-order valence-electron chi connectivity index (χ3n) is 3.10. The van der Waals surface area contributed by atoms with Crippen LogP contribution < -0.4 is 0 Å². The second kappa shape index (κ2) is 8.83. The predicted molar refractivity (Wildman–Crippen MR) is 91.0 cm³/mol. The molecule has 0 bridgehead atoms. The van der Waals surface area contributed by atoms with Crippen LogP contribution in [0.15, 0.2) is 54.6 Å². The van der Waals surface area contributed by atoms with Gasteiger partial charge in [0.25, 0.3) is 5.69 Å². The quantitative estimate of drug-likeness (QED) is 0.316. The summed E-state index contributed by atoms with van der Waals surface area (Å²) in [6.45, 7) is -0.277. The van der Waals surface area contributed by atoms with Crippen molar-refractivity contribution in [2.45, 2.75) is 5.75 Å². The molecule has 2 rings (SSSR count). The van der Waals surface area contributed by atoms with Crippen LogP contribution in [0.4, 0.5) is 5.69 Å². The minimum Gasteiger partial charge on any atom is -0.457 e. The van der Waals surface area contributed by atoms with Crippen molar-refractivity contribution in [2.24, 2.45) is 0 Å². The molecule has 0 spiro atoms. The number of hydrogen-bond acceptors (Lipinski definition) is 6. The summed E-state index contributed by atoms with van der Waals surface area (Å²) in [4.78, 5) is 33.5. The van der Waals surface area contributed by atoms with Crippen molar-refractivity contribution < 1.29 is 19.2 Å². The molecule has 0 aliphatic rings. The van der Waals surface area contributed by atoms with E-state index in [-0.39, 0.29) is 23.8 Å². The number of Topliss-reactive ketones (excluding diaryl/α,β-unsaturated/α-hetero) is 1. The number of rotatable bonds is 8. The van der Waals surface area contributed by atoms with E-state index in [1.165, 1.54) is 23.9 Å². The molecule has 0 aliphatic heterocycles. The molecule has 0 radical (unpaired) electrons. The lowest BCUT2D eigenvalue weighted by Crippen LogP contribution is -2.15. The van der Waals surface area contributed by atoms with Gasteiger partial charge in [0.1, 0.15) is 0 Å². The van der Waals surface area contributed by atoms with E-state index in [0.29, 0.717) is 11.3 Å². The highest BCUT2D eigenvalue weighted by atomic mass is 32.2. The molecule has 0 N–H and O–H groups in total. The van der Waals surface area contributed by atoms with Crippen molar-refractivity contribution >= 4 is 29.2 Å². The fourth-order valence-corrected chi connectivity index (χ4v) is 2.64. The number of benzene rings is 2. The van der Waals surface area contributed by atoms with Crippen LogP contribution in [0.5, 0.6) is 0 Å². The van der Waals surface area contributed by atoms with E-state index in [0.717, 1.165) is 5.56 Å². The molecule has 0 saturated heterocycles. The zero-order valence-corrected chi connectivity index (χ0v) is 13.5. The Kier molecular flexibility index (Phi) is 6.51. The molecule has 0 aromatic heterocycles. The molecule has 2 aromatic rings. The Morgan fingerprint density at radius 2 is 1.71 bits per heavy atom. The van der Waals surface area contributed by atoms with Gasteiger partial charge in [0.05, 0.1) is 10.7 Å². The minimum absolute atomic E-state index is 0.0302. The van der Waals surface area contributed by atoms with E-state index >= 15 is 0 Å². The third-order valence-corrected chi connectivity index (χ3v) is 4.07. The van der Waals surface area contributed by atoms with Gasteiger partial charge in [0.15, 0.2) is 12.4 Å². The Balaban J connectivity index is 1.69. The summed E-state index contributed by atoms with van der Waals surface area (Å²) in [7, 11) is 0. The minimum atomic E-state index is -0.466. The molecule has 6 nitrogen and oxygen atoms in total. The highest BCUT2D eigenvalue weighted by Crippen LogP contribution is 2.16. The Morgan fingerprint density at radius 3 is 2.33 bits per heavy atom. The first-order chi connectivity index (χ1) is 11.6. The summed E-state index contributed by atoms with van der Waals surface area (Å²) >= 11 is 1.32.